The van der Waals surface area contributed by atoms with Gasteiger partial charge in [0, 0.05) is 36.5 Å². The molecule has 188 valence electrons. The van der Waals surface area contributed by atoms with Crippen LogP contribution in [0.3, 0.4) is 0 Å². The van der Waals surface area contributed by atoms with E-state index in [4.69, 9.17) is 4.74 Å². The lowest BCUT2D eigenvalue weighted by molar-refractivity contribution is -0.140. The molecule has 0 amide bonds. The molecule has 0 spiro atoms. The number of ether oxygens (including phenoxy) is 1. The summed E-state index contributed by atoms with van der Waals surface area (Å²) in [6, 6.07) is 23.8. The number of aliphatic carboxylic acids is 1. The molecule has 3 aromatic carbocycles. The van der Waals surface area contributed by atoms with Crippen LogP contribution in [0.1, 0.15) is 22.7 Å². The van der Waals surface area contributed by atoms with E-state index >= 15 is 0 Å². The number of pyridine rings is 1. The molecule has 0 aliphatic carbocycles. The van der Waals surface area contributed by atoms with Gasteiger partial charge in [-0.05, 0) is 33.9 Å². The van der Waals surface area contributed by atoms with E-state index in [0.29, 0.717) is 37.5 Å². The summed E-state index contributed by atoms with van der Waals surface area (Å²) in [6.07, 6.45) is 0.590. The number of rotatable bonds is 6. The van der Waals surface area contributed by atoms with Gasteiger partial charge in [-0.15, -0.1) is 11.8 Å². The summed E-state index contributed by atoms with van der Waals surface area (Å²) >= 11 is 1.47. The Morgan fingerprint density at radius 1 is 0.946 bits per heavy atom. The van der Waals surface area contributed by atoms with Crippen LogP contribution in [0.25, 0.3) is 21.9 Å². The molecule has 4 aromatic rings. The van der Waals surface area contributed by atoms with Crippen LogP contribution in [0.5, 0.6) is 0 Å². The van der Waals surface area contributed by atoms with Crippen molar-refractivity contribution in [3.05, 3.63) is 99.8 Å². The monoisotopic (exact) mass is 512 g/mol. The number of carboxylic acids is 1. The van der Waals surface area contributed by atoms with Crippen molar-refractivity contribution in [1.82, 2.24) is 9.47 Å². The van der Waals surface area contributed by atoms with Crippen LogP contribution in [0.2, 0.25) is 0 Å². The molecule has 0 unspecified atom stereocenters. The number of carbonyl (C=O) groups is 1. The number of benzene rings is 3. The summed E-state index contributed by atoms with van der Waals surface area (Å²) in [7, 11) is 0. The molecule has 37 heavy (non-hydrogen) atoms. The maximum atomic E-state index is 14.1. The lowest BCUT2D eigenvalue weighted by Gasteiger charge is -2.29. The molecular weight excluding hydrogens is 484 g/mol. The summed E-state index contributed by atoms with van der Waals surface area (Å²) in [6.45, 7) is 3.22. The smallest absolute Gasteiger partial charge is 0.327 e. The normalized spacial score (nSPS) is 17.7. The van der Waals surface area contributed by atoms with E-state index in [1.54, 1.807) is 0 Å². The molecule has 6 rings (SSSR count). The molecule has 2 aliphatic heterocycles. The zero-order valence-electron chi connectivity index (χ0n) is 20.4. The first kappa shape index (κ1) is 24.0. The highest BCUT2D eigenvalue weighted by atomic mass is 32.2. The first-order valence-corrected chi connectivity index (χ1v) is 13.6. The highest BCUT2D eigenvalue weighted by Crippen LogP contribution is 2.43. The Bertz CT molecular complexity index is 1520. The predicted octanol–water partition coefficient (Wildman–Crippen LogP) is 4.82. The summed E-state index contributed by atoms with van der Waals surface area (Å²) < 4.78 is 7.09. The van der Waals surface area contributed by atoms with Crippen molar-refractivity contribution in [1.29, 1.82) is 0 Å². The number of morpholine rings is 1. The topological polar surface area (TPSA) is 71.8 Å². The average Bonchev–Trinajstić information content (AvgIpc) is 3.38. The molecule has 1 fully saturated rings. The lowest BCUT2D eigenvalue weighted by Crippen LogP contribution is -2.39. The Hall–Kier alpha value is -3.39. The fourth-order valence-electron chi connectivity index (χ4n) is 5.49. The number of hydrogen-bond donors (Lipinski definition) is 1. The number of aromatic nitrogens is 1. The fraction of sp³-hybridized carbons (Fsp3) is 0.267. The zero-order chi connectivity index (χ0) is 25.4. The summed E-state index contributed by atoms with van der Waals surface area (Å²) in [5.41, 5.74) is 4.62. The van der Waals surface area contributed by atoms with Crippen molar-refractivity contribution in [3.63, 3.8) is 0 Å². The molecule has 7 heteroatoms. The number of thioether (sulfide) groups is 1. The van der Waals surface area contributed by atoms with Crippen LogP contribution in [0.4, 0.5) is 0 Å². The van der Waals surface area contributed by atoms with E-state index in [1.165, 1.54) is 16.3 Å². The minimum absolute atomic E-state index is 0.186. The molecule has 0 bridgehead atoms. The molecule has 0 radical (unpaired) electrons. The maximum absolute atomic E-state index is 14.1. The third kappa shape index (κ3) is 4.48. The van der Waals surface area contributed by atoms with E-state index in [1.807, 2.05) is 30.3 Å². The first-order valence-electron chi connectivity index (χ1n) is 12.6. The van der Waals surface area contributed by atoms with E-state index in [0.717, 1.165) is 51.1 Å². The molecule has 6 nitrogen and oxygen atoms in total. The highest BCUT2D eigenvalue weighted by molar-refractivity contribution is 7.99. The Morgan fingerprint density at radius 3 is 2.46 bits per heavy atom. The second-order valence-corrected chi connectivity index (χ2v) is 10.6. The van der Waals surface area contributed by atoms with Crippen LogP contribution < -0.4 is 5.56 Å². The van der Waals surface area contributed by atoms with Crippen LogP contribution in [-0.4, -0.2) is 52.6 Å². The molecule has 3 heterocycles. The zero-order valence-corrected chi connectivity index (χ0v) is 21.2. The van der Waals surface area contributed by atoms with Crippen LogP contribution in [-0.2, 0) is 22.5 Å². The van der Waals surface area contributed by atoms with Crippen molar-refractivity contribution < 1.29 is 14.6 Å². The molecular formula is C30H28N2O4S. The van der Waals surface area contributed by atoms with Crippen molar-refractivity contribution in [2.45, 2.75) is 24.0 Å². The van der Waals surface area contributed by atoms with Gasteiger partial charge in [-0.3, -0.25) is 14.3 Å². The quantitative estimate of drug-likeness (QED) is 0.399. The number of nitrogens with zero attached hydrogens (tertiary/aromatic N) is 2. The van der Waals surface area contributed by atoms with Gasteiger partial charge in [0.1, 0.15) is 6.04 Å². The molecule has 1 atom stereocenters. The fourth-order valence-corrected chi connectivity index (χ4v) is 6.83. The van der Waals surface area contributed by atoms with Crippen molar-refractivity contribution >= 4 is 28.5 Å². The molecule has 0 saturated carbocycles. The number of carboxylic acid groups (broad SMARTS) is 1. The van der Waals surface area contributed by atoms with E-state index < -0.39 is 12.0 Å². The van der Waals surface area contributed by atoms with Gasteiger partial charge >= 0.3 is 5.97 Å². The van der Waals surface area contributed by atoms with Crippen LogP contribution in [0, 0.1) is 0 Å². The Kier molecular flexibility index (Phi) is 6.59. The van der Waals surface area contributed by atoms with E-state index in [2.05, 4.69) is 47.4 Å². The van der Waals surface area contributed by atoms with Crippen molar-refractivity contribution in [3.8, 4) is 11.1 Å². The highest BCUT2D eigenvalue weighted by Gasteiger charge is 2.35. The molecule has 2 aliphatic rings. The van der Waals surface area contributed by atoms with Crippen molar-refractivity contribution in [2.24, 2.45) is 0 Å². The molecule has 1 N–H and O–H groups in total. The van der Waals surface area contributed by atoms with Gasteiger partial charge in [-0.1, -0.05) is 72.8 Å². The van der Waals surface area contributed by atoms with E-state index in [-0.39, 0.29) is 5.56 Å². The Labute approximate surface area is 219 Å². The summed E-state index contributed by atoms with van der Waals surface area (Å²) in [5.74, 6) is -0.620. The third-order valence-electron chi connectivity index (χ3n) is 7.35. The first-order chi connectivity index (χ1) is 18.1. The molecule has 1 saturated heterocycles. The van der Waals surface area contributed by atoms with Gasteiger partial charge in [0.15, 0.2) is 0 Å². The van der Waals surface area contributed by atoms with Gasteiger partial charge in [-0.25, -0.2) is 4.79 Å². The SMILES string of the molecule is O=C(O)[C@@H]1CSc2c(-c3ccccc3)c(Cc3cccc4ccccc34)c(CN3CCOCC3)c(=O)n21. The largest absolute Gasteiger partial charge is 0.480 e. The second-order valence-electron chi connectivity index (χ2n) is 9.55. The minimum Gasteiger partial charge on any atom is -0.480 e. The maximum Gasteiger partial charge on any atom is 0.327 e. The summed E-state index contributed by atoms with van der Waals surface area (Å²) in [5, 5.41) is 13.1. The molecule has 1 aromatic heterocycles. The van der Waals surface area contributed by atoms with Crippen molar-refractivity contribution in [2.75, 3.05) is 32.1 Å². The third-order valence-corrected chi connectivity index (χ3v) is 8.50. The number of fused-ring (bicyclic) bond motifs is 2. The second kappa shape index (κ2) is 10.2. The van der Waals surface area contributed by atoms with Gasteiger partial charge in [0.2, 0.25) is 0 Å². The van der Waals surface area contributed by atoms with Gasteiger partial charge < -0.3 is 9.84 Å². The standard InChI is InChI=1S/C30H28N2O4S/c33-28-25(18-31-13-15-36-16-14-31)24(17-22-11-6-10-20-7-4-5-12-23(20)22)27(21-8-2-1-3-9-21)29-32(28)26(19-37-29)30(34)35/h1-12,26H,13-19H2,(H,34,35)/t26-/m0/s1. The van der Waals surface area contributed by atoms with Crippen LogP contribution >= 0.6 is 11.8 Å². The van der Waals surface area contributed by atoms with Gasteiger partial charge in [0.25, 0.3) is 5.56 Å². The van der Waals surface area contributed by atoms with Gasteiger partial charge in [-0.2, -0.15) is 0 Å². The lowest BCUT2D eigenvalue weighted by atomic mass is 9.90. The van der Waals surface area contributed by atoms with Crippen LogP contribution in [0.15, 0.2) is 82.6 Å². The van der Waals surface area contributed by atoms with Gasteiger partial charge in [0.05, 0.1) is 18.2 Å². The number of hydrogen-bond acceptors (Lipinski definition) is 5. The predicted molar refractivity (Wildman–Crippen MR) is 146 cm³/mol. The van der Waals surface area contributed by atoms with E-state index in [9.17, 15) is 14.7 Å². The average molecular weight is 513 g/mol. The Morgan fingerprint density at radius 2 is 1.68 bits per heavy atom. The summed E-state index contributed by atoms with van der Waals surface area (Å²) in [4.78, 5) is 28.6. The Balaban J connectivity index is 1.62. The minimum atomic E-state index is -0.966.